The van der Waals surface area contributed by atoms with E-state index >= 15 is 0 Å². The van der Waals surface area contributed by atoms with Crippen molar-refractivity contribution in [2.75, 3.05) is 12.3 Å². The predicted molar refractivity (Wildman–Crippen MR) is 47.0 cm³/mol. The van der Waals surface area contributed by atoms with Crippen molar-refractivity contribution in [1.82, 2.24) is 15.5 Å². The number of nitrogens with zero attached hydrogens (tertiary/aromatic N) is 1. The Balaban J connectivity index is 2.58. The second kappa shape index (κ2) is 3.90. The molecule has 0 fully saturated rings. The lowest BCUT2D eigenvalue weighted by Gasteiger charge is -2.08. The Bertz CT molecular complexity index is 296. The lowest BCUT2D eigenvalue weighted by atomic mass is 10.3. The molecule has 5 N–H and O–H groups in total. The van der Waals surface area contributed by atoms with Gasteiger partial charge in [-0.1, -0.05) is 0 Å². The number of aromatic amines is 1. The maximum Gasteiger partial charge on any atom is 0.269 e. The zero-order valence-electron chi connectivity index (χ0n) is 7.24. The topological polar surface area (TPSA) is 104 Å². The standard InChI is InChI=1S/C7H12N4O2/c1-4(3-12)9-7(13)5-2-6(8)11-10-5/h2,4,12H,3H2,1H3,(H,9,13)(H3,8,10,11)/t4-/m1/s1. The van der Waals surface area contributed by atoms with Crippen LogP contribution < -0.4 is 11.1 Å². The largest absolute Gasteiger partial charge is 0.394 e. The summed E-state index contributed by atoms with van der Waals surface area (Å²) >= 11 is 0. The van der Waals surface area contributed by atoms with Gasteiger partial charge < -0.3 is 16.2 Å². The molecular weight excluding hydrogens is 172 g/mol. The molecule has 0 bridgehead atoms. The van der Waals surface area contributed by atoms with Crippen molar-refractivity contribution in [3.63, 3.8) is 0 Å². The van der Waals surface area contributed by atoms with E-state index in [0.717, 1.165) is 0 Å². The van der Waals surface area contributed by atoms with E-state index in [4.69, 9.17) is 10.8 Å². The molecule has 6 heteroatoms. The number of carbonyl (C=O) groups is 1. The Morgan fingerprint density at radius 3 is 3.08 bits per heavy atom. The van der Waals surface area contributed by atoms with E-state index in [9.17, 15) is 4.79 Å². The van der Waals surface area contributed by atoms with Gasteiger partial charge in [0.25, 0.3) is 5.91 Å². The third kappa shape index (κ3) is 2.45. The van der Waals surface area contributed by atoms with Crippen molar-refractivity contribution >= 4 is 11.7 Å². The third-order valence-corrected chi connectivity index (χ3v) is 1.49. The molecule has 0 aliphatic heterocycles. The molecule has 0 aliphatic carbocycles. The Labute approximate surface area is 75.1 Å². The molecule has 0 unspecified atom stereocenters. The normalized spacial score (nSPS) is 12.5. The number of carbonyl (C=O) groups excluding carboxylic acids is 1. The molecule has 1 rings (SSSR count). The quantitative estimate of drug-likeness (QED) is 0.488. The van der Waals surface area contributed by atoms with E-state index in [1.165, 1.54) is 6.07 Å². The summed E-state index contributed by atoms with van der Waals surface area (Å²) in [6, 6.07) is 1.15. The number of aliphatic hydroxyl groups excluding tert-OH is 1. The molecule has 13 heavy (non-hydrogen) atoms. The number of anilines is 1. The number of H-pyrrole nitrogens is 1. The average molecular weight is 184 g/mol. The lowest BCUT2D eigenvalue weighted by Crippen LogP contribution is -2.35. The summed E-state index contributed by atoms with van der Waals surface area (Å²) in [4.78, 5) is 11.3. The molecule has 0 saturated carbocycles. The highest BCUT2D eigenvalue weighted by Gasteiger charge is 2.10. The maximum atomic E-state index is 11.3. The van der Waals surface area contributed by atoms with Gasteiger partial charge in [-0.2, -0.15) is 5.10 Å². The van der Waals surface area contributed by atoms with Crippen LogP contribution in [-0.2, 0) is 0 Å². The van der Waals surface area contributed by atoms with Crippen LogP contribution in [-0.4, -0.2) is 33.9 Å². The first-order valence-electron chi connectivity index (χ1n) is 3.86. The molecular formula is C7H12N4O2. The highest BCUT2D eigenvalue weighted by molar-refractivity contribution is 5.93. The van der Waals surface area contributed by atoms with Crippen LogP contribution in [0.1, 0.15) is 17.4 Å². The van der Waals surface area contributed by atoms with Crippen LogP contribution in [0.3, 0.4) is 0 Å². The number of nitrogens with one attached hydrogen (secondary N) is 2. The summed E-state index contributed by atoms with van der Waals surface area (Å²) in [5, 5.41) is 17.3. The molecule has 1 atom stereocenters. The van der Waals surface area contributed by atoms with Crippen LogP contribution in [0.2, 0.25) is 0 Å². The van der Waals surface area contributed by atoms with Gasteiger partial charge in [-0.05, 0) is 6.92 Å². The Hall–Kier alpha value is -1.56. The zero-order chi connectivity index (χ0) is 9.84. The fourth-order valence-corrected chi connectivity index (χ4v) is 0.801. The van der Waals surface area contributed by atoms with E-state index in [1.807, 2.05) is 0 Å². The second-order valence-corrected chi connectivity index (χ2v) is 2.76. The van der Waals surface area contributed by atoms with Crippen molar-refractivity contribution in [2.45, 2.75) is 13.0 Å². The third-order valence-electron chi connectivity index (χ3n) is 1.49. The van der Waals surface area contributed by atoms with Crippen LogP contribution >= 0.6 is 0 Å². The van der Waals surface area contributed by atoms with Gasteiger partial charge in [0.15, 0.2) is 0 Å². The van der Waals surface area contributed by atoms with Crippen LogP contribution in [0.15, 0.2) is 6.07 Å². The number of amides is 1. The SMILES string of the molecule is C[C@H](CO)NC(=O)c1cc(N)n[nH]1. The van der Waals surface area contributed by atoms with Gasteiger partial charge >= 0.3 is 0 Å². The minimum absolute atomic E-state index is 0.102. The molecule has 0 radical (unpaired) electrons. The molecule has 0 aromatic carbocycles. The van der Waals surface area contributed by atoms with E-state index in [2.05, 4.69) is 15.5 Å². The molecule has 0 aliphatic rings. The number of hydrogen-bond donors (Lipinski definition) is 4. The molecule has 1 aromatic rings. The fraction of sp³-hybridized carbons (Fsp3) is 0.429. The predicted octanol–water partition coefficient (Wildman–Crippen LogP) is -0.897. The molecule has 0 saturated heterocycles. The number of rotatable bonds is 3. The van der Waals surface area contributed by atoms with Gasteiger partial charge in [0.1, 0.15) is 11.5 Å². The van der Waals surface area contributed by atoms with Crippen LogP contribution in [0.25, 0.3) is 0 Å². The van der Waals surface area contributed by atoms with Gasteiger partial charge in [0.2, 0.25) is 0 Å². The summed E-state index contributed by atoms with van der Waals surface area (Å²) < 4.78 is 0. The Morgan fingerprint density at radius 2 is 2.62 bits per heavy atom. The molecule has 1 aromatic heterocycles. The first-order valence-corrected chi connectivity index (χ1v) is 3.86. The molecule has 6 nitrogen and oxygen atoms in total. The van der Waals surface area contributed by atoms with E-state index in [-0.39, 0.29) is 30.1 Å². The lowest BCUT2D eigenvalue weighted by molar-refractivity contribution is 0.0917. The fourth-order valence-electron chi connectivity index (χ4n) is 0.801. The minimum atomic E-state index is -0.328. The summed E-state index contributed by atoms with van der Waals surface area (Å²) in [6.45, 7) is 1.59. The van der Waals surface area contributed by atoms with Crippen LogP contribution in [0.5, 0.6) is 0 Å². The highest BCUT2D eigenvalue weighted by atomic mass is 16.3. The van der Waals surface area contributed by atoms with Gasteiger partial charge in [-0.3, -0.25) is 9.89 Å². The highest BCUT2D eigenvalue weighted by Crippen LogP contribution is 1.99. The van der Waals surface area contributed by atoms with Crippen molar-refractivity contribution in [3.8, 4) is 0 Å². The zero-order valence-corrected chi connectivity index (χ0v) is 7.24. The van der Waals surface area contributed by atoms with E-state index < -0.39 is 0 Å². The van der Waals surface area contributed by atoms with Crippen molar-refractivity contribution in [2.24, 2.45) is 0 Å². The first-order chi connectivity index (χ1) is 6.13. The number of hydrogen-bond acceptors (Lipinski definition) is 4. The van der Waals surface area contributed by atoms with Crippen LogP contribution in [0, 0.1) is 0 Å². The Morgan fingerprint density at radius 1 is 1.92 bits per heavy atom. The second-order valence-electron chi connectivity index (χ2n) is 2.76. The monoisotopic (exact) mass is 184 g/mol. The van der Waals surface area contributed by atoms with Crippen molar-refractivity contribution in [1.29, 1.82) is 0 Å². The summed E-state index contributed by atoms with van der Waals surface area (Å²) in [6.07, 6.45) is 0. The van der Waals surface area contributed by atoms with Gasteiger partial charge in [0.05, 0.1) is 6.61 Å². The summed E-state index contributed by atoms with van der Waals surface area (Å²) in [5.74, 6) is -0.0625. The van der Waals surface area contributed by atoms with Crippen LogP contribution in [0.4, 0.5) is 5.82 Å². The first kappa shape index (κ1) is 9.53. The number of aromatic nitrogens is 2. The number of aliphatic hydroxyl groups is 1. The molecule has 1 heterocycles. The maximum absolute atomic E-state index is 11.3. The molecule has 0 spiro atoms. The summed E-state index contributed by atoms with van der Waals surface area (Å²) in [7, 11) is 0. The smallest absolute Gasteiger partial charge is 0.269 e. The summed E-state index contributed by atoms with van der Waals surface area (Å²) in [5.41, 5.74) is 5.60. The van der Waals surface area contributed by atoms with Gasteiger partial charge in [0, 0.05) is 12.1 Å². The van der Waals surface area contributed by atoms with Crippen molar-refractivity contribution < 1.29 is 9.90 Å². The number of nitrogens with two attached hydrogens (primary N) is 1. The molecule has 72 valence electrons. The van der Waals surface area contributed by atoms with Gasteiger partial charge in [-0.15, -0.1) is 0 Å². The number of nitrogen functional groups attached to an aromatic ring is 1. The average Bonchev–Trinajstić information content (AvgIpc) is 2.51. The Kier molecular flexibility index (Phi) is 2.86. The van der Waals surface area contributed by atoms with Crippen molar-refractivity contribution in [3.05, 3.63) is 11.8 Å². The minimum Gasteiger partial charge on any atom is -0.394 e. The molecule has 1 amide bonds. The van der Waals surface area contributed by atoms with E-state index in [0.29, 0.717) is 0 Å². The van der Waals surface area contributed by atoms with E-state index in [1.54, 1.807) is 6.92 Å². The van der Waals surface area contributed by atoms with Gasteiger partial charge in [-0.25, -0.2) is 0 Å².